The summed E-state index contributed by atoms with van der Waals surface area (Å²) in [7, 11) is 0. The first kappa shape index (κ1) is 15.1. The van der Waals surface area contributed by atoms with Crippen molar-refractivity contribution in [3.63, 3.8) is 0 Å². The maximum Gasteiger partial charge on any atom is 0.134 e. The molecule has 0 amide bonds. The fraction of sp³-hybridized carbons (Fsp3) is 0.381. The Kier molecular flexibility index (Phi) is 3.80. The average Bonchev–Trinajstić information content (AvgIpc) is 3.12. The fourth-order valence-corrected chi connectivity index (χ4v) is 4.26. The van der Waals surface area contributed by atoms with Crippen LogP contribution in [-0.4, -0.2) is 22.2 Å². The molecule has 128 valence electrons. The molecule has 25 heavy (non-hydrogen) atoms. The highest BCUT2D eigenvalue weighted by atomic mass is 16.5. The number of fused-ring (bicyclic) bond motifs is 2. The standard InChI is InChI=1S/C21H23N3O/c1-2-6-18-16(5-1)13-25-21(23-18)15-9-11-17(12-10-15)24-14-22-19-7-3-4-8-20(19)24/h3-4,7-12,14,16,18,21,23H,1-2,5-6,13H2/t16-,18+,21+/m0/s1. The highest BCUT2D eigenvalue weighted by Gasteiger charge is 2.32. The molecule has 0 unspecified atom stereocenters. The normalized spacial score (nSPS) is 26.5. The van der Waals surface area contributed by atoms with Crippen LogP contribution in [0, 0.1) is 5.92 Å². The van der Waals surface area contributed by atoms with Crippen molar-refractivity contribution in [2.45, 2.75) is 38.0 Å². The zero-order valence-electron chi connectivity index (χ0n) is 14.3. The van der Waals surface area contributed by atoms with Gasteiger partial charge in [0.1, 0.15) is 12.6 Å². The number of benzene rings is 2. The van der Waals surface area contributed by atoms with Crippen LogP contribution >= 0.6 is 0 Å². The number of aromatic nitrogens is 2. The molecule has 0 radical (unpaired) electrons. The van der Waals surface area contributed by atoms with Gasteiger partial charge in [-0.2, -0.15) is 0 Å². The van der Waals surface area contributed by atoms with Crippen LogP contribution < -0.4 is 5.32 Å². The van der Waals surface area contributed by atoms with Gasteiger partial charge in [-0.05, 0) is 48.6 Å². The second-order valence-corrected chi connectivity index (χ2v) is 7.23. The monoisotopic (exact) mass is 333 g/mol. The van der Waals surface area contributed by atoms with Crippen LogP contribution in [-0.2, 0) is 4.74 Å². The molecule has 2 aliphatic rings. The molecule has 1 saturated heterocycles. The van der Waals surface area contributed by atoms with Crippen molar-refractivity contribution in [2.75, 3.05) is 6.61 Å². The van der Waals surface area contributed by atoms with E-state index in [1.54, 1.807) is 0 Å². The molecular weight excluding hydrogens is 310 g/mol. The zero-order chi connectivity index (χ0) is 16.6. The topological polar surface area (TPSA) is 39.1 Å². The maximum absolute atomic E-state index is 6.10. The van der Waals surface area contributed by atoms with E-state index in [4.69, 9.17) is 4.74 Å². The highest BCUT2D eigenvalue weighted by molar-refractivity contribution is 5.77. The molecule has 3 atom stereocenters. The Labute approximate surface area is 147 Å². The molecule has 1 aromatic heterocycles. The minimum Gasteiger partial charge on any atom is -0.359 e. The van der Waals surface area contributed by atoms with E-state index in [1.807, 2.05) is 18.5 Å². The Morgan fingerprint density at radius 2 is 1.84 bits per heavy atom. The number of para-hydroxylation sites is 2. The summed E-state index contributed by atoms with van der Waals surface area (Å²) in [5, 5.41) is 3.71. The average molecular weight is 333 g/mol. The van der Waals surface area contributed by atoms with Gasteiger partial charge in [-0.25, -0.2) is 4.98 Å². The van der Waals surface area contributed by atoms with Crippen molar-refractivity contribution in [2.24, 2.45) is 5.92 Å². The Bertz CT molecular complexity index is 870. The maximum atomic E-state index is 6.10. The molecule has 2 fully saturated rings. The lowest BCUT2D eigenvalue weighted by atomic mass is 9.84. The molecule has 5 rings (SSSR count). The first-order valence-corrected chi connectivity index (χ1v) is 9.28. The quantitative estimate of drug-likeness (QED) is 0.764. The summed E-state index contributed by atoms with van der Waals surface area (Å²) in [6, 6.07) is 17.5. The van der Waals surface area contributed by atoms with Crippen LogP contribution in [0.3, 0.4) is 0 Å². The molecule has 2 heterocycles. The molecular formula is C21H23N3O. The van der Waals surface area contributed by atoms with Crippen molar-refractivity contribution in [3.05, 3.63) is 60.4 Å². The second-order valence-electron chi connectivity index (χ2n) is 7.23. The lowest BCUT2D eigenvalue weighted by Crippen LogP contribution is -2.48. The first-order valence-electron chi connectivity index (χ1n) is 9.28. The van der Waals surface area contributed by atoms with Crippen LogP contribution in [0.1, 0.15) is 37.5 Å². The van der Waals surface area contributed by atoms with Gasteiger partial charge < -0.3 is 4.74 Å². The smallest absolute Gasteiger partial charge is 0.134 e. The molecule has 3 aromatic rings. The third kappa shape index (κ3) is 2.75. The number of nitrogens with zero attached hydrogens (tertiary/aromatic N) is 2. The van der Waals surface area contributed by atoms with Crippen LogP contribution in [0.2, 0.25) is 0 Å². The summed E-state index contributed by atoms with van der Waals surface area (Å²) in [5.41, 5.74) is 4.49. The van der Waals surface area contributed by atoms with Gasteiger partial charge in [-0.15, -0.1) is 0 Å². The lowest BCUT2D eigenvalue weighted by molar-refractivity contribution is -0.0640. The van der Waals surface area contributed by atoms with Gasteiger partial charge in [0.2, 0.25) is 0 Å². The van der Waals surface area contributed by atoms with Crippen molar-refractivity contribution in [1.29, 1.82) is 0 Å². The SMILES string of the molecule is c1ccc2c(c1)ncn2-c1ccc([C@@H]2N[C@@H]3CCCC[C@H]3CO2)cc1. The molecule has 1 aliphatic carbocycles. The number of imidazole rings is 1. The summed E-state index contributed by atoms with van der Waals surface area (Å²) in [5.74, 6) is 0.696. The number of ether oxygens (including phenoxy) is 1. The molecule has 1 aliphatic heterocycles. The second kappa shape index (κ2) is 6.28. The van der Waals surface area contributed by atoms with E-state index in [0.29, 0.717) is 12.0 Å². The Morgan fingerprint density at radius 1 is 1.00 bits per heavy atom. The largest absolute Gasteiger partial charge is 0.359 e. The van der Waals surface area contributed by atoms with Crippen LogP contribution in [0.5, 0.6) is 0 Å². The molecule has 2 aromatic carbocycles. The first-order chi connectivity index (χ1) is 12.4. The number of rotatable bonds is 2. The van der Waals surface area contributed by atoms with E-state index in [-0.39, 0.29) is 6.23 Å². The number of hydrogen-bond acceptors (Lipinski definition) is 3. The van der Waals surface area contributed by atoms with E-state index in [2.05, 4.69) is 51.3 Å². The van der Waals surface area contributed by atoms with Gasteiger partial charge in [0.15, 0.2) is 0 Å². The Balaban J connectivity index is 1.38. The van der Waals surface area contributed by atoms with Gasteiger partial charge in [-0.1, -0.05) is 37.1 Å². The number of nitrogens with one attached hydrogen (secondary N) is 1. The molecule has 4 nitrogen and oxygen atoms in total. The van der Waals surface area contributed by atoms with E-state index >= 15 is 0 Å². The predicted octanol–water partition coefficient (Wildman–Crippen LogP) is 4.20. The minimum atomic E-state index is 0.0212. The molecule has 0 spiro atoms. The lowest BCUT2D eigenvalue weighted by Gasteiger charge is -2.40. The van der Waals surface area contributed by atoms with Gasteiger partial charge in [0.05, 0.1) is 17.6 Å². The van der Waals surface area contributed by atoms with E-state index in [1.165, 1.54) is 31.2 Å². The molecule has 0 bridgehead atoms. The van der Waals surface area contributed by atoms with Crippen molar-refractivity contribution < 1.29 is 4.74 Å². The molecule has 4 heteroatoms. The molecule has 1 N–H and O–H groups in total. The van der Waals surface area contributed by atoms with Gasteiger partial charge in [-0.3, -0.25) is 9.88 Å². The van der Waals surface area contributed by atoms with E-state index in [0.717, 1.165) is 23.3 Å². The van der Waals surface area contributed by atoms with Gasteiger partial charge >= 0.3 is 0 Å². The van der Waals surface area contributed by atoms with Gasteiger partial charge in [0, 0.05) is 11.7 Å². The summed E-state index contributed by atoms with van der Waals surface area (Å²) in [6.45, 7) is 0.885. The van der Waals surface area contributed by atoms with Gasteiger partial charge in [0.25, 0.3) is 0 Å². The predicted molar refractivity (Wildman–Crippen MR) is 98.6 cm³/mol. The van der Waals surface area contributed by atoms with Crippen LogP contribution in [0.15, 0.2) is 54.9 Å². The van der Waals surface area contributed by atoms with Crippen molar-refractivity contribution in [1.82, 2.24) is 14.9 Å². The highest BCUT2D eigenvalue weighted by Crippen LogP contribution is 2.32. The third-order valence-electron chi connectivity index (χ3n) is 5.68. The Hall–Kier alpha value is -2.17. The summed E-state index contributed by atoms with van der Waals surface area (Å²) < 4.78 is 8.23. The van der Waals surface area contributed by atoms with Crippen LogP contribution in [0.4, 0.5) is 0 Å². The molecule has 1 saturated carbocycles. The number of hydrogen-bond donors (Lipinski definition) is 1. The fourth-order valence-electron chi connectivity index (χ4n) is 4.26. The summed E-state index contributed by atoms with van der Waals surface area (Å²) in [6.07, 6.45) is 7.19. The van der Waals surface area contributed by atoms with Crippen LogP contribution in [0.25, 0.3) is 16.7 Å². The van der Waals surface area contributed by atoms with E-state index < -0.39 is 0 Å². The summed E-state index contributed by atoms with van der Waals surface area (Å²) in [4.78, 5) is 4.48. The van der Waals surface area contributed by atoms with E-state index in [9.17, 15) is 0 Å². The minimum absolute atomic E-state index is 0.0212. The zero-order valence-corrected chi connectivity index (χ0v) is 14.3. The van der Waals surface area contributed by atoms with Crippen molar-refractivity contribution in [3.8, 4) is 5.69 Å². The Morgan fingerprint density at radius 3 is 2.76 bits per heavy atom. The third-order valence-corrected chi connectivity index (χ3v) is 5.68. The summed E-state index contributed by atoms with van der Waals surface area (Å²) >= 11 is 0. The van der Waals surface area contributed by atoms with Crippen molar-refractivity contribution >= 4 is 11.0 Å².